The molecule has 2 atom stereocenters. The van der Waals surface area contributed by atoms with E-state index in [-0.39, 0.29) is 17.1 Å². The first-order valence-corrected chi connectivity index (χ1v) is 13.5. The molecule has 0 bridgehead atoms. The molecule has 6 rings (SSSR count). The molecule has 7 nitrogen and oxygen atoms in total. The Bertz CT molecular complexity index is 1570. The number of likely N-dealkylation sites (tertiary alicyclic amines) is 1. The van der Waals surface area contributed by atoms with E-state index < -0.39 is 17.3 Å². The number of rotatable bonds is 6. The molecule has 1 unspecified atom stereocenters. The summed E-state index contributed by atoms with van der Waals surface area (Å²) >= 11 is 0. The van der Waals surface area contributed by atoms with Gasteiger partial charge in [-0.3, -0.25) is 14.1 Å². The SMILES string of the molecule is C[C@H]1CCCN(Cc2cc(C(F)(F)F)c3ncc(-c4cccc(C(c5nncn5C)C5CC5)c4)c(=O)n3c2)C1. The second kappa shape index (κ2) is 9.89. The van der Waals surface area contributed by atoms with Crippen LogP contribution in [0.3, 0.4) is 0 Å². The normalized spacial score (nSPS) is 19.5. The Hall–Kier alpha value is -3.53. The molecule has 0 amide bonds. The van der Waals surface area contributed by atoms with E-state index in [4.69, 9.17) is 0 Å². The highest BCUT2D eigenvalue weighted by atomic mass is 19.4. The maximum absolute atomic E-state index is 14.1. The van der Waals surface area contributed by atoms with Gasteiger partial charge in [-0.25, -0.2) is 4.98 Å². The quantitative estimate of drug-likeness (QED) is 0.335. The van der Waals surface area contributed by atoms with E-state index in [1.807, 2.05) is 29.8 Å². The van der Waals surface area contributed by atoms with Crippen molar-refractivity contribution in [3.63, 3.8) is 0 Å². The summed E-state index contributed by atoms with van der Waals surface area (Å²) in [6, 6.07) is 8.76. The smallest absolute Gasteiger partial charge is 0.320 e. The monoisotopic (exact) mass is 536 g/mol. The first-order valence-electron chi connectivity index (χ1n) is 13.5. The summed E-state index contributed by atoms with van der Waals surface area (Å²) in [6.45, 7) is 4.17. The van der Waals surface area contributed by atoms with Crippen molar-refractivity contribution in [2.45, 2.75) is 51.2 Å². The van der Waals surface area contributed by atoms with Gasteiger partial charge in [-0.1, -0.05) is 31.2 Å². The number of nitrogens with zero attached hydrogens (tertiary/aromatic N) is 6. The molecule has 3 aromatic heterocycles. The topological polar surface area (TPSA) is 68.3 Å². The Labute approximate surface area is 224 Å². The zero-order valence-corrected chi connectivity index (χ0v) is 22.0. The van der Waals surface area contributed by atoms with Crippen LogP contribution >= 0.6 is 0 Å². The number of halogens is 3. The lowest BCUT2D eigenvalue weighted by atomic mass is 9.91. The molecule has 4 aromatic rings. The molecule has 4 heterocycles. The first-order chi connectivity index (χ1) is 18.7. The van der Waals surface area contributed by atoms with E-state index in [1.165, 1.54) is 12.4 Å². The molecular formula is C29H31F3N6O. The number of benzene rings is 1. The highest BCUT2D eigenvalue weighted by molar-refractivity contribution is 5.65. The van der Waals surface area contributed by atoms with Gasteiger partial charge in [-0.05, 0) is 66.8 Å². The number of alkyl halides is 3. The Morgan fingerprint density at radius 1 is 1.15 bits per heavy atom. The second-order valence-electron chi connectivity index (χ2n) is 11.2. The molecule has 1 saturated carbocycles. The van der Waals surface area contributed by atoms with Crippen molar-refractivity contribution >= 4 is 5.65 Å². The Balaban J connectivity index is 1.43. The molecule has 0 radical (unpaired) electrons. The number of fused-ring (bicyclic) bond motifs is 1. The third kappa shape index (κ3) is 5.09. The van der Waals surface area contributed by atoms with E-state index in [0.717, 1.165) is 60.6 Å². The van der Waals surface area contributed by atoms with Crippen LogP contribution in [0, 0.1) is 11.8 Å². The number of pyridine rings is 1. The predicted octanol–water partition coefficient (Wildman–Crippen LogP) is 5.28. The molecular weight excluding hydrogens is 505 g/mol. The molecule has 1 aromatic carbocycles. The molecule has 0 spiro atoms. The van der Waals surface area contributed by atoms with Crippen LogP contribution in [-0.4, -0.2) is 42.1 Å². The molecule has 10 heteroatoms. The van der Waals surface area contributed by atoms with Gasteiger partial charge in [0, 0.05) is 38.4 Å². The van der Waals surface area contributed by atoms with Gasteiger partial charge in [-0.15, -0.1) is 10.2 Å². The fourth-order valence-corrected chi connectivity index (χ4v) is 5.96. The number of aromatic nitrogens is 5. The number of aryl methyl sites for hydroxylation is 1. The minimum Gasteiger partial charge on any atom is -0.320 e. The Morgan fingerprint density at radius 2 is 1.97 bits per heavy atom. The molecule has 39 heavy (non-hydrogen) atoms. The minimum atomic E-state index is -4.63. The van der Waals surface area contributed by atoms with E-state index >= 15 is 0 Å². The number of hydrogen-bond acceptors (Lipinski definition) is 5. The van der Waals surface area contributed by atoms with Gasteiger partial charge >= 0.3 is 6.18 Å². The zero-order valence-electron chi connectivity index (χ0n) is 22.0. The average Bonchev–Trinajstić information content (AvgIpc) is 3.64. The summed E-state index contributed by atoms with van der Waals surface area (Å²) < 4.78 is 45.3. The zero-order chi connectivity index (χ0) is 27.3. The Morgan fingerprint density at radius 3 is 2.67 bits per heavy atom. The second-order valence-corrected chi connectivity index (χ2v) is 11.2. The summed E-state index contributed by atoms with van der Waals surface area (Å²) in [6.07, 6.45) is 4.14. The lowest BCUT2D eigenvalue weighted by Gasteiger charge is -2.31. The van der Waals surface area contributed by atoms with Crippen LogP contribution < -0.4 is 5.56 Å². The fraction of sp³-hybridized carbons (Fsp3) is 0.448. The lowest BCUT2D eigenvalue weighted by molar-refractivity contribution is -0.136. The van der Waals surface area contributed by atoms with Crippen molar-refractivity contribution in [1.82, 2.24) is 29.0 Å². The van der Waals surface area contributed by atoms with Crippen LogP contribution in [0.5, 0.6) is 0 Å². The van der Waals surface area contributed by atoms with E-state index in [1.54, 1.807) is 12.4 Å². The van der Waals surface area contributed by atoms with Gasteiger partial charge in [0.15, 0.2) is 5.65 Å². The molecule has 1 aliphatic carbocycles. The van der Waals surface area contributed by atoms with Gasteiger partial charge in [0.1, 0.15) is 12.2 Å². The van der Waals surface area contributed by atoms with Gasteiger partial charge in [0.25, 0.3) is 5.56 Å². The van der Waals surface area contributed by atoms with E-state index in [2.05, 4.69) is 27.0 Å². The van der Waals surface area contributed by atoms with Gasteiger partial charge in [0.2, 0.25) is 0 Å². The van der Waals surface area contributed by atoms with Gasteiger partial charge < -0.3 is 4.57 Å². The van der Waals surface area contributed by atoms with E-state index in [0.29, 0.717) is 29.5 Å². The standard InChI is InChI=1S/C29H31F3N6O/c1-18-5-4-10-37(14-18)15-19-11-24(29(30,31)32)26-33-13-23(28(39)38(26)16-19)21-6-3-7-22(12-21)25(20-8-9-20)27-35-34-17-36(27)2/h3,6-7,11-13,16-18,20,25H,4-5,8-10,14-15H2,1-2H3/t18-,25?/m0/s1. The summed E-state index contributed by atoms with van der Waals surface area (Å²) in [4.78, 5) is 20.1. The largest absolute Gasteiger partial charge is 0.419 e. The summed E-state index contributed by atoms with van der Waals surface area (Å²) in [5, 5.41) is 8.38. The van der Waals surface area contributed by atoms with Crippen LogP contribution in [0.25, 0.3) is 16.8 Å². The van der Waals surface area contributed by atoms with Crippen molar-refractivity contribution in [2.75, 3.05) is 13.1 Å². The van der Waals surface area contributed by atoms with Crippen molar-refractivity contribution in [3.05, 3.63) is 81.9 Å². The van der Waals surface area contributed by atoms with Crippen molar-refractivity contribution in [2.24, 2.45) is 18.9 Å². The van der Waals surface area contributed by atoms with Crippen LogP contribution in [0.2, 0.25) is 0 Å². The van der Waals surface area contributed by atoms with Gasteiger partial charge in [0.05, 0.1) is 11.1 Å². The highest BCUT2D eigenvalue weighted by Gasteiger charge is 2.37. The summed E-state index contributed by atoms with van der Waals surface area (Å²) in [7, 11) is 1.91. The highest BCUT2D eigenvalue weighted by Crippen LogP contribution is 2.46. The van der Waals surface area contributed by atoms with Crippen LogP contribution in [-0.2, 0) is 19.8 Å². The average molecular weight is 537 g/mol. The fourth-order valence-electron chi connectivity index (χ4n) is 5.96. The summed E-state index contributed by atoms with van der Waals surface area (Å²) in [5.74, 6) is 1.82. The van der Waals surface area contributed by atoms with Crippen molar-refractivity contribution in [3.8, 4) is 11.1 Å². The minimum absolute atomic E-state index is 0.0315. The van der Waals surface area contributed by atoms with Crippen LogP contribution in [0.15, 0.2) is 53.8 Å². The predicted molar refractivity (Wildman–Crippen MR) is 141 cm³/mol. The third-order valence-corrected chi connectivity index (χ3v) is 7.99. The molecule has 1 saturated heterocycles. The number of hydrogen-bond donors (Lipinski definition) is 0. The molecule has 204 valence electrons. The van der Waals surface area contributed by atoms with Crippen molar-refractivity contribution in [1.29, 1.82) is 0 Å². The maximum Gasteiger partial charge on any atom is 0.419 e. The lowest BCUT2D eigenvalue weighted by Crippen LogP contribution is -2.34. The van der Waals surface area contributed by atoms with Gasteiger partial charge in [-0.2, -0.15) is 13.2 Å². The van der Waals surface area contributed by atoms with E-state index in [9.17, 15) is 18.0 Å². The molecule has 2 fully saturated rings. The number of piperidine rings is 1. The third-order valence-electron chi connectivity index (χ3n) is 7.99. The molecule has 2 aliphatic rings. The molecule has 1 aliphatic heterocycles. The van der Waals surface area contributed by atoms with Crippen LogP contribution in [0.4, 0.5) is 13.2 Å². The first kappa shape index (κ1) is 25.7. The molecule has 0 N–H and O–H groups in total. The Kier molecular flexibility index (Phi) is 6.53. The maximum atomic E-state index is 14.1. The van der Waals surface area contributed by atoms with Crippen molar-refractivity contribution < 1.29 is 13.2 Å². The summed E-state index contributed by atoms with van der Waals surface area (Å²) in [5.41, 5.74) is 0.555. The van der Waals surface area contributed by atoms with Crippen LogP contribution in [0.1, 0.15) is 61.0 Å².